The minimum absolute atomic E-state index is 0.00429. The molecule has 170 valence electrons. The van der Waals surface area contributed by atoms with Crippen LogP contribution in [0.4, 0.5) is 22.1 Å². The summed E-state index contributed by atoms with van der Waals surface area (Å²) in [7, 11) is 0. The Hall–Kier alpha value is -3.69. The molecule has 0 radical (unpaired) electrons. The van der Waals surface area contributed by atoms with Crippen molar-refractivity contribution >= 4 is 23.4 Å². The minimum atomic E-state index is -0.939. The molecular weight excluding hydrogens is 422 g/mol. The Morgan fingerprint density at radius 1 is 1.21 bits per heavy atom. The molecule has 2 aromatic heterocycles. The van der Waals surface area contributed by atoms with Crippen molar-refractivity contribution in [1.29, 1.82) is 0 Å². The van der Waals surface area contributed by atoms with E-state index in [2.05, 4.69) is 15.2 Å². The first-order chi connectivity index (χ1) is 16.1. The predicted octanol–water partition coefficient (Wildman–Crippen LogP) is 2.51. The molecule has 1 saturated heterocycles. The molecule has 4 heterocycles. The number of nitrogens with zero attached hydrogens (tertiary/aromatic N) is 4. The molecule has 2 atom stereocenters. The first-order valence-corrected chi connectivity index (χ1v) is 10.9. The largest absolute Gasteiger partial charge is 0.491 e. The van der Waals surface area contributed by atoms with E-state index in [4.69, 9.17) is 14.8 Å². The summed E-state index contributed by atoms with van der Waals surface area (Å²) in [6.45, 7) is 1.29. The van der Waals surface area contributed by atoms with Gasteiger partial charge in [-0.2, -0.15) is 0 Å². The first-order valence-electron chi connectivity index (χ1n) is 10.9. The normalized spacial score (nSPS) is 17.5. The third-order valence-corrected chi connectivity index (χ3v) is 5.85. The molecule has 1 fully saturated rings. The summed E-state index contributed by atoms with van der Waals surface area (Å²) < 4.78 is 5.58. The van der Waals surface area contributed by atoms with Gasteiger partial charge in [-0.05, 0) is 42.8 Å². The van der Waals surface area contributed by atoms with Gasteiger partial charge in [-0.3, -0.25) is 10.2 Å². The third-order valence-electron chi connectivity index (χ3n) is 5.85. The number of urea groups is 1. The van der Waals surface area contributed by atoms with Crippen LogP contribution in [0.25, 0.3) is 11.3 Å². The molecule has 9 heteroatoms. The van der Waals surface area contributed by atoms with Gasteiger partial charge < -0.3 is 19.8 Å². The number of ether oxygens (including phenoxy) is 1. The maximum absolute atomic E-state index is 13.2. The fourth-order valence-electron chi connectivity index (χ4n) is 4.23. The number of amides is 2. The number of carbonyl (C=O) groups excluding carboxylic acids is 1. The molecule has 2 bridgehead atoms. The second kappa shape index (κ2) is 9.05. The first kappa shape index (κ1) is 21.2. The van der Waals surface area contributed by atoms with Gasteiger partial charge in [-0.15, -0.1) is 0 Å². The number of nitrogens with one attached hydrogen (secondary N) is 1. The van der Waals surface area contributed by atoms with Gasteiger partial charge in [0, 0.05) is 24.8 Å². The maximum atomic E-state index is 13.2. The zero-order valence-electron chi connectivity index (χ0n) is 18.0. The lowest BCUT2D eigenvalue weighted by Crippen LogP contribution is -2.48. The van der Waals surface area contributed by atoms with Crippen molar-refractivity contribution < 1.29 is 19.7 Å². The van der Waals surface area contributed by atoms with Crippen LogP contribution in [0.3, 0.4) is 0 Å². The summed E-state index contributed by atoms with van der Waals surface area (Å²) in [6, 6.07) is 16.5. The van der Waals surface area contributed by atoms with Gasteiger partial charge in [0.25, 0.3) is 0 Å². The molecule has 0 aliphatic carbocycles. The van der Waals surface area contributed by atoms with Gasteiger partial charge in [-0.1, -0.05) is 18.2 Å². The van der Waals surface area contributed by atoms with E-state index in [0.717, 1.165) is 30.8 Å². The number of benzene rings is 1. The molecule has 0 unspecified atom stereocenters. The Bertz CT molecular complexity index is 1140. The fourth-order valence-corrected chi connectivity index (χ4v) is 4.23. The number of rotatable bonds is 6. The topological polar surface area (TPSA) is 111 Å². The van der Waals surface area contributed by atoms with E-state index < -0.39 is 6.10 Å². The van der Waals surface area contributed by atoms with Crippen LogP contribution in [0.5, 0.6) is 5.75 Å². The molecule has 1 aromatic carbocycles. The fraction of sp³-hybridized carbons (Fsp3) is 0.292. The van der Waals surface area contributed by atoms with Crippen molar-refractivity contribution in [3.05, 3.63) is 60.8 Å². The molecule has 2 aliphatic rings. The zero-order valence-corrected chi connectivity index (χ0v) is 18.0. The predicted molar refractivity (Wildman–Crippen MR) is 125 cm³/mol. The van der Waals surface area contributed by atoms with Gasteiger partial charge in [0.15, 0.2) is 5.82 Å². The average Bonchev–Trinajstić information content (AvgIpc) is 3.27. The second-order valence-electron chi connectivity index (χ2n) is 8.12. The van der Waals surface area contributed by atoms with Crippen LogP contribution in [0, 0.1) is 0 Å². The number of aliphatic hydroxyl groups is 2. The van der Waals surface area contributed by atoms with Crippen molar-refractivity contribution in [3.8, 4) is 17.0 Å². The highest BCUT2D eigenvalue weighted by Gasteiger charge is 2.40. The lowest BCUT2D eigenvalue weighted by atomic mass is 10.1. The lowest BCUT2D eigenvalue weighted by Gasteiger charge is -2.35. The van der Waals surface area contributed by atoms with Gasteiger partial charge in [0.1, 0.15) is 24.3 Å². The Balaban J connectivity index is 1.45. The van der Waals surface area contributed by atoms with E-state index in [1.165, 1.54) is 0 Å². The summed E-state index contributed by atoms with van der Waals surface area (Å²) in [6.07, 6.45) is 1.58. The average molecular weight is 447 g/mol. The van der Waals surface area contributed by atoms with Gasteiger partial charge in [0.05, 0.1) is 24.0 Å². The molecular formula is C24H25N5O4. The summed E-state index contributed by atoms with van der Waals surface area (Å²) in [5.74, 6) is 1.68. The van der Waals surface area contributed by atoms with Crippen LogP contribution in [0.15, 0.2) is 60.8 Å². The SMILES string of the molecule is O=C(Nc1ccccn1)N1c2nc(-c3cccc(OC[C@H](O)CO)c3)ccc2N2CC[C@H]1C2. The quantitative estimate of drug-likeness (QED) is 0.532. The van der Waals surface area contributed by atoms with E-state index >= 15 is 0 Å². The van der Waals surface area contributed by atoms with Crippen LogP contribution in [0.1, 0.15) is 6.42 Å². The molecule has 3 aromatic rings. The number of anilines is 3. The molecule has 0 saturated carbocycles. The standard InChI is InChI=1S/C24H25N5O4/c30-14-18(31)15-33-19-5-3-4-16(12-19)20-7-8-21-23(26-20)29(17-9-11-28(21)13-17)24(32)27-22-6-1-2-10-25-22/h1-8,10,12,17-18,30-31H,9,11,13-15H2,(H,25,27,32)/t17-,18+/m0/s1. The van der Waals surface area contributed by atoms with E-state index in [1.807, 2.05) is 36.4 Å². The van der Waals surface area contributed by atoms with Gasteiger partial charge in [0.2, 0.25) is 0 Å². The highest BCUT2D eigenvalue weighted by atomic mass is 16.5. The number of aromatic nitrogens is 2. The Morgan fingerprint density at radius 2 is 2.12 bits per heavy atom. The van der Waals surface area contributed by atoms with E-state index in [-0.39, 0.29) is 25.3 Å². The smallest absolute Gasteiger partial charge is 0.329 e. The number of hydrogen-bond donors (Lipinski definition) is 3. The van der Waals surface area contributed by atoms with E-state index in [1.54, 1.807) is 29.3 Å². The molecule has 3 N–H and O–H groups in total. The lowest BCUT2D eigenvalue weighted by molar-refractivity contribution is 0.0536. The van der Waals surface area contributed by atoms with Crippen LogP contribution < -0.4 is 19.9 Å². The molecule has 9 nitrogen and oxygen atoms in total. The Morgan fingerprint density at radius 3 is 2.94 bits per heavy atom. The van der Waals surface area contributed by atoms with E-state index in [0.29, 0.717) is 23.1 Å². The summed E-state index contributed by atoms with van der Waals surface area (Å²) in [5.41, 5.74) is 2.47. The summed E-state index contributed by atoms with van der Waals surface area (Å²) in [4.78, 5) is 26.3. The van der Waals surface area contributed by atoms with Crippen LogP contribution in [-0.2, 0) is 0 Å². The Labute approximate surface area is 191 Å². The Kier molecular flexibility index (Phi) is 5.80. The number of fused-ring (bicyclic) bond motifs is 4. The van der Waals surface area contributed by atoms with Crippen molar-refractivity contribution in [2.45, 2.75) is 18.6 Å². The van der Waals surface area contributed by atoms with E-state index in [9.17, 15) is 9.90 Å². The molecule has 0 spiro atoms. The van der Waals surface area contributed by atoms with Crippen molar-refractivity contribution in [1.82, 2.24) is 9.97 Å². The minimum Gasteiger partial charge on any atom is -0.491 e. The number of hydrogen-bond acceptors (Lipinski definition) is 7. The van der Waals surface area contributed by atoms with Crippen molar-refractivity contribution in [2.75, 3.05) is 41.4 Å². The van der Waals surface area contributed by atoms with Gasteiger partial charge >= 0.3 is 6.03 Å². The second-order valence-corrected chi connectivity index (χ2v) is 8.12. The highest BCUT2D eigenvalue weighted by Crippen LogP contribution is 2.40. The van der Waals surface area contributed by atoms with Crippen LogP contribution >= 0.6 is 0 Å². The summed E-state index contributed by atoms with van der Waals surface area (Å²) >= 11 is 0. The monoisotopic (exact) mass is 447 g/mol. The number of aliphatic hydroxyl groups excluding tert-OH is 2. The van der Waals surface area contributed by atoms with Crippen molar-refractivity contribution in [3.63, 3.8) is 0 Å². The third kappa shape index (κ3) is 4.33. The maximum Gasteiger partial charge on any atom is 0.329 e. The van der Waals surface area contributed by atoms with Crippen LogP contribution in [-0.4, -0.2) is 64.7 Å². The molecule has 5 rings (SSSR count). The zero-order chi connectivity index (χ0) is 22.8. The van der Waals surface area contributed by atoms with Gasteiger partial charge in [-0.25, -0.2) is 14.8 Å². The molecule has 2 aliphatic heterocycles. The highest BCUT2D eigenvalue weighted by molar-refractivity contribution is 6.04. The number of pyridine rings is 2. The van der Waals surface area contributed by atoms with Crippen molar-refractivity contribution in [2.24, 2.45) is 0 Å². The van der Waals surface area contributed by atoms with Crippen LogP contribution in [0.2, 0.25) is 0 Å². The molecule has 33 heavy (non-hydrogen) atoms. The number of carbonyl (C=O) groups is 1. The summed E-state index contributed by atoms with van der Waals surface area (Å²) in [5, 5.41) is 21.4. The molecule has 2 amide bonds.